The van der Waals surface area contributed by atoms with Crippen molar-refractivity contribution in [3.63, 3.8) is 0 Å². The van der Waals surface area contributed by atoms with Crippen LogP contribution >= 0.6 is 0 Å². The van der Waals surface area contributed by atoms with Gasteiger partial charge in [0.25, 0.3) is 0 Å². The van der Waals surface area contributed by atoms with Crippen molar-refractivity contribution in [1.82, 2.24) is 9.55 Å². The third-order valence-corrected chi connectivity index (χ3v) is 11.5. The molecule has 2 aliphatic rings. The number of aromatic amines is 1. The van der Waals surface area contributed by atoms with Crippen molar-refractivity contribution in [2.75, 3.05) is 4.90 Å². The summed E-state index contributed by atoms with van der Waals surface area (Å²) in [6.07, 6.45) is 7.23. The number of rotatable bonds is 4. The SMILES string of the molecule is Cc1cccc(N2c3ccccc3C3C=C(c4ccc5[nH]c6ccc(-c7ccc8c(c7)c7ccccc7n8-c7cccc(C)c7)cc6c5c4)C=CC32)c1. The monoisotopic (exact) mass is 679 g/mol. The molecule has 3 nitrogen and oxygen atoms in total. The predicted octanol–water partition coefficient (Wildman–Crippen LogP) is 13.0. The number of H-pyrrole nitrogens is 1. The Balaban J connectivity index is 0.992. The summed E-state index contributed by atoms with van der Waals surface area (Å²) >= 11 is 0. The normalized spacial score (nSPS) is 16.5. The van der Waals surface area contributed by atoms with Crippen molar-refractivity contribution in [3.05, 3.63) is 192 Å². The van der Waals surface area contributed by atoms with E-state index in [1.54, 1.807) is 0 Å². The highest BCUT2D eigenvalue weighted by Gasteiger charge is 2.38. The molecule has 0 fully saturated rings. The van der Waals surface area contributed by atoms with E-state index in [0.717, 1.165) is 11.0 Å². The van der Waals surface area contributed by atoms with Crippen LogP contribution < -0.4 is 4.90 Å². The van der Waals surface area contributed by atoms with Crippen LogP contribution in [-0.4, -0.2) is 15.6 Å². The van der Waals surface area contributed by atoms with E-state index in [1.807, 2.05) is 0 Å². The lowest BCUT2D eigenvalue weighted by molar-refractivity contribution is 0.747. The molecule has 3 heterocycles. The van der Waals surface area contributed by atoms with Crippen LogP contribution in [-0.2, 0) is 0 Å². The van der Waals surface area contributed by atoms with E-state index in [4.69, 9.17) is 0 Å². The Morgan fingerprint density at radius 3 is 1.96 bits per heavy atom. The van der Waals surface area contributed by atoms with Crippen molar-refractivity contribution in [2.45, 2.75) is 25.8 Å². The fourth-order valence-electron chi connectivity index (χ4n) is 9.07. The molecule has 1 aliphatic carbocycles. The second-order valence-corrected chi connectivity index (χ2v) is 14.8. The minimum atomic E-state index is 0.250. The fourth-order valence-corrected chi connectivity index (χ4v) is 9.07. The first-order valence-electron chi connectivity index (χ1n) is 18.6. The van der Waals surface area contributed by atoms with Crippen LogP contribution in [0.2, 0.25) is 0 Å². The first kappa shape index (κ1) is 30.1. The second-order valence-electron chi connectivity index (χ2n) is 14.8. The number of aryl methyl sites for hydroxylation is 2. The van der Waals surface area contributed by atoms with Gasteiger partial charge in [-0.2, -0.15) is 0 Å². The van der Waals surface area contributed by atoms with Gasteiger partial charge in [0, 0.05) is 55.6 Å². The van der Waals surface area contributed by atoms with Crippen LogP contribution in [0.1, 0.15) is 28.2 Å². The summed E-state index contributed by atoms with van der Waals surface area (Å²) in [4.78, 5) is 6.21. The maximum Gasteiger partial charge on any atom is 0.0630 e. The Bertz CT molecular complexity index is 3010. The molecular formula is C50H37N3. The van der Waals surface area contributed by atoms with E-state index in [9.17, 15) is 0 Å². The molecule has 0 bridgehead atoms. The summed E-state index contributed by atoms with van der Waals surface area (Å²) in [6, 6.07) is 56.3. The molecule has 0 spiro atoms. The van der Waals surface area contributed by atoms with Gasteiger partial charge in [-0.05, 0) is 126 Å². The number of hydrogen-bond acceptors (Lipinski definition) is 1. The van der Waals surface area contributed by atoms with Gasteiger partial charge in [0.2, 0.25) is 0 Å². The number of aromatic nitrogens is 2. The van der Waals surface area contributed by atoms with Crippen molar-refractivity contribution in [2.24, 2.45) is 0 Å². The van der Waals surface area contributed by atoms with Crippen LogP contribution in [0.15, 0.2) is 170 Å². The standard InChI is InChI=1S/C50H37N3/c1-31-9-7-11-37(25-31)52-47-15-5-3-13-39(47)43-29-35(19-23-49(43)52)33-17-21-45-41(27-33)42-28-34(18-22-46(42)51-45)36-20-24-50-44(30-36)40-14-4-6-16-48(40)53(50)38-12-8-10-32(2)26-38/h3-30,43,49,51H,1-2H3. The molecule has 0 radical (unpaired) electrons. The Kier molecular flexibility index (Phi) is 6.51. The maximum absolute atomic E-state index is 3.70. The molecule has 2 atom stereocenters. The molecule has 11 rings (SSSR count). The van der Waals surface area contributed by atoms with Crippen LogP contribution in [0.5, 0.6) is 0 Å². The number of nitrogens with zero attached hydrogens (tertiary/aromatic N) is 2. The Labute approximate surface area is 308 Å². The van der Waals surface area contributed by atoms with Crippen LogP contribution in [0.4, 0.5) is 11.4 Å². The Hall–Kier alpha value is -6.58. The minimum absolute atomic E-state index is 0.250. The summed E-state index contributed by atoms with van der Waals surface area (Å²) in [6.45, 7) is 4.33. The molecule has 2 aromatic heterocycles. The van der Waals surface area contributed by atoms with Gasteiger partial charge in [-0.3, -0.25) is 0 Å². The second kappa shape index (κ2) is 11.5. The van der Waals surface area contributed by atoms with Crippen molar-refractivity contribution in [3.8, 4) is 16.8 Å². The number of para-hydroxylation sites is 2. The summed E-state index contributed by atoms with van der Waals surface area (Å²) < 4.78 is 2.40. The predicted molar refractivity (Wildman–Crippen MR) is 224 cm³/mol. The third kappa shape index (κ3) is 4.67. The Morgan fingerprint density at radius 1 is 0.509 bits per heavy atom. The fraction of sp³-hybridized carbons (Fsp3) is 0.0800. The summed E-state index contributed by atoms with van der Waals surface area (Å²) in [5.41, 5.74) is 17.4. The molecule has 7 aromatic carbocycles. The number of allylic oxidation sites excluding steroid dienone is 2. The van der Waals surface area contributed by atoms with E-state index in [1.165, 1.54) is 88.6 Å². The van der Waals surface area contributed by atoms with Gasteiger partial charge in [-0.1, -0.05) is 97.1 Å². The zero-order valence-corrected chi connectivity index (χ0v) is 29.7. The van der Waals surface area contributed by atoms with Crippen molar-refractivity contribution < 1.29 is 0 Å². The van der Waals surface area contributed by atoms with Gasteiger partial charge in [0.1, 0.15) is 0 Å². The van der Waals surface area contributed by atoms with Gasteiger partial charge >= 0.3 is 0 Å². The number of anilines is 2. The average Bonchev–Trinajstić information content (AvgIpc) is 3.84. The van der Waals surface area contributed by atoms with E-state index < -0.39 is 0 Å². The van der Waals surface area contributed by atoms with Crippen LogP contribution in [0, 0.1) is 13.8 Å². The van der Waals surface area contributed by atoms with E-state index >= 15 is 0 Å². The highest BCUT2D eigenvalue weighted by molar-refractivity contribution is 6.12. The number of benzene rings is 7. The molecular weight excluding hydrogens is 643 g/mol. The molecule has 3 heteroatoms. The van der Waals surface area contributed by atoms with Gasteiger partial charge in [0.15, 0.2) is 0 Å². The smallest absolute Gasteiger partial charge is 0.0630 e. The number of nitrogens with one attached hydrogen (secondary N) is 1. The van der Waals surface area contributed by atoms with Crippen LogP contribution in [0.25, 0.3) is 66.0 Å². The molecule has 0 saturated carbocycles. The largest absolute Gasteiger partial charge is 0.355 e. The van der Waals surface area contributed by atoms with E-state index in [2.05, 4.69) is 198 Å². The molecule has 9 aromatic rings. The lowest BCUT2D eigenvalue weighted by Gasteiger charge is -2.30. The Morgan fingerprint density at radius 2 is 1.15 bits per heavy atom. The summed E-state index contributed by atoms with van der Waals surface area (Å²) in [5, 5.41) is 5.04. The number of fused-ring (bicyclic) bond motifs is 9. The molecule has 1 aliphatic heterocycles. The molecule has 0 saturated heterocycles. The lowest BCUT2D eigenvalue weighted by Crippen LogP contribution is -2.29. The van der Waals surface area contributed by atoms with Gasteiger partial charge < -0.3 is 14.5 Å². The molecule has 252 valence electrons. The summed E-state index contributed by atoms with van der Waals surface area (Å²) in [5.74, 6) is 0.281. The van der Waals surface area contributed by atoms with Gasteiger partial charge in [-0.15, -0.1) is 0 Å². The molecule has 1 N–H and O–H groups in total. The molecule has 2 unspecified atom stereocenters. The highest BCUT2D eigenvalue weighted by atomic mass is 15.2. The highest BCUT2D eigenvalue weighted by Crippen LogP contribution is 2.49. The molecule has 0 amide bonds. The minimum Gasteiger partial charge on any atom is -0.355 e. The zero-order valence-electron chi connectivity index (χ0n) is 29.7. The molecule has 53 heavy (non-hydrogen) atoms. The topological polar surface area (TPSA) is 24.0 Å². The first-order chi connectivity index (χ1) is 26.1. The lowest BCUT2D eigenvalue weighted by atomic mass is 9.86. The maximum atomic E-state index is 3.70. The van der Waals surface area contributed by atoms with Crippen molar-refractivity contribution >= 4 is 60.6 Å². The van der Waals surface area contributed by atoms with Gasteiger partial charge in [0.05, 0.1) is 17.1 Å². The first-order valence-corrected chi connectivity index (χ1v) is 18.6. The van der Waals surface area contributed by atoms with E-state index in [-0.39, 0.29) is 12.0 Å². The van der Waals surface area contributed by atoms with Gasteiger partial charge in [-0.25, -0.2) is 0 Å². The van der Waals surface area contributed by atoms with Crippen molar-refractivity contribution in [1.29, 1.82) is 0 Å². The average molecular weight is 680 g/mol. The third-order valence-electron chi connectivity index (χ3n) is 11.5. The zero-order chi connectivity index (χ0) is 35.2. The number of hydrogen-bond donors (Lipinski definition) is 1. The summed E-state index contributed by atoms with van der Waals surface area (Å²) in [7, 11) is 0. The quantitative estimate of drug-likeness (QED) is 0.197. The van der Waals surface area contributed by atoms with E-state index in [0.29, 0.717) is 0 Å². The van der Waals surface area contributed by atoms with Crippen LogP contribution in [0.3, 0.4) is 0 Å².